The molecule has 10 nitrogen and oxygen atoms in total. The van der Waals surface area contributed by atoms with Crippen LogP contribution in [-0.2, 0) is 26.2 Å². The summed E-state index contributed by atoms with van der Waals surface area (Å²) in [6.45, 7) is 4.58. The number of hydrogen-bond donors (Lipinski definition) is 1. The van der Waals surface area contributed by atoms with Gasteiger partial charge in [0.25, 0.3) is 15.7 Å². The van der Waals surface area contributed by atoms with Gasteiger partial charge in [-0.25, -0.2) is 8.42 Å². The number of carbonyl (C=O) groups is 2. The van der Waals surface area contributed by atoms with E-state index >= 15 is 0 Å². The third-order valence-corrected chi connectivity index (χ3v) is 8.37. The van der Waals surface area contributed by atoms with Gasteiger partial charge in [0.05, 0.1) is 15.5 Å². The van der Waals surface area contributed by atoms with Crippen LogP contribution >= 0.6 is 11.6 Å². The normalized spacial score (nSPS) is 12.7. The summed E-state index contributed by atoms with van der Waals surface area (Å²) in [5.41, 5.74) is 0.234. The van der Waals surface area contributed by atoms with Crippen molar-refractivity contribution in [1.82, 2.24) is 10.2 Å². The molecular formula is C28H31ClN4O6S. The lowest BCUT2D eigenvalue weighted by Gasteiger charge is -2.32. The largest absolute Gasteiger partial charge is 0.352 e. The van der Waals surface area contributed by atoms with Gasteiger partial charge in [0, 0.05) is 29.7 Å². The lowest BCUT2D eigenvalue weighted by atomic mass is 10.1. The van der Waals surface area contributed by atoms with Crippen molar-refractivity contribution in [3.63, 3.8) is 0 Å². The second-order valence-corrected chi connectivity index (χ2v) is 11.5. The van der Waals surface area contributed by atoms with E-state index in [0.29, 0.717) is 17.0 Å². The molecule has 12 heteroatoms. The highest BCUT2D eigenvalue weighted by molar-refractivity contribution is 7.92. The molecule has 0 bridgehead atoms. The van der Waals surface area contributed by atoms with Gasteiger partial charge < -0.3 is 10.2 Å². The van der Waals surface area contributed by atoms with Gasteiger partial charge in [-0.3, -0.25) is 24.0 Å². The van der Waals surface area contributed by atoms with Crippen LogP contribution in [-0.4, -0.2) is 48.7 Å². The van der Waals surface area contributed by atoms with E-state index in [1.807, 2.05) is 13.8 Å². The van der Waals surface area contributed by atoms with Gasteiger partial charge in [0.15, 0.2) is 0 Å². The van der Waals surface area contributed by atoms with E-state index in [9.17, 15) is 28.1 Å². The molecule has 0 unspecified atom stereocenters. The Hall–Kier alpha value is -3.96. The van der Waals surface area contributed by atoms with Gasteiger partial charge in [-0.1, -0.05) is 54.9 Å². The van der Waals surface area contributed by atoms with Gasteiger partial charge in [-0.05, 0) is 56.2 Å². The maximum absolute atomic E-state index is 13.9. The Morgan fingerprint density at radius 1 is 1.00 bits per heavy atom. The van der Waals surface area contributed by atoms with Crippen LogP contribution in [0.5, 0.6) is 0 Å². The van der Waals surface area contributed by atoms with Crippen LogP contribution < -0.4 is 9.62 Å². The Balaban J connectivity index is 2.06. The van der Waals surface area contributed by atoms with E-state index in [2.05, 4.69) is 5.32 Å². The van der Waals surface area contributed by atoms with E-state index < -0.39 is 39.3 Å². The van der Waals surface area contributed by atoms with E-state index in [1.54, 1.807) is 37.3 Å². The predicted molar refractivity (Wildman–Crippen MR) is 153 cm³/mol. The zero-order chi connectivity index (χ0) is 29.4. The molecule has 40 heavy (non-hydrogen) atoms. The van der Waals surface area contributed by atoms with Crippen LogP contribution in [0.1, 0.15) is 32.8 Å². The minimum Gasteiger partial charge on any atom is -0.352 e. The van der Waals surface area contributed by atoms with Crippen LogP contribution in [0.15, 0.2) is 83.8 Å². The summed E-state index contributed by atoms with van der Waals surface area (Å²) in [7, 11) is -4.33. The van der Waals surface area contributed by atoms with Gasteiger partial charge in [-0.2, -0.15) is 0 Å². The maximum Gasteiger partial charge on any atom is 0.271 e. The molecule has 0 aliphatic carbocycles. The number of nitrogens with one attached hydrogen (secondary N) is 1. The standard InChI is InChI=1S/C28H31ClN4O6S/c1-4-20(2)30-28(35)21(3)31(18-22-10-8-11-23(29)16-22)27(34)19-32(24-12-9-13-25(17-24)33(36)37)40(38,39)26-14-6-5-7-15-26/h5-17,20-21H,4,18-19H2,1-3H3,(H,30,35)/t20-,21+/m0/s1. The van der Waals surface area contributed by atoms with Crippen molar-refractivity contribution in [1.29, 1.82) is 0 Å². The summed E-state index contributed by atoms with van der Waals surface area (Å²) in [5.74, 6) is -1.09. The number of halogens is 1. The zero-order valence-corrected chi connectivity index (χ0v) is 23.9. The lowest BCUT2D eigenvalue weighted by Crippen LogP contribution is -2.52. The van der Waals surface area contributed by atoms with Crippen LogP contribution in [0.2, 0.25) is 5.02 Å². The summed E-state index contributed by atoms with van der Waals surface area (Å²) >= 11 is 6.14. The first-order chi connectivity index (χ1) is 18.9. The molecule has 0 saturated heterocycles. The van der Waals surface area contributed by atoms with Gasteiger partial charge in [-0.15, -0.1) is 0 Å². The Morgan fingerprint density at radius 2 is 1.68 bits per heavy atom. The fourth-order valence-electron chi connectivity index (χ4n) is 3.89. The number of carbonyl (C=O) groups excluding carboxylic acids is 2. The molecule has 0 fully saturated rings. The highest BCUT2D eigenvalue weighted by Gasteiger charge is 2.33. The predicted octanol–water partition coefficient (Wildman–Crippen LogP) is 4.78. The van der Waals surface area contributed by atoms with Crippen molar-refractivity contribution in [3.05, 3.63) is 99.6 Å². The molecule has 0 heterocycles. The zero-order valence-electron chi connectivity index (χ0n) is 22.4. The Kier molecular flexibility index (Phi) is 10.2. The fourth-order valence-corrected chi connectivity index (χ4v) is 5.53. The number of anilines is 1. The van der Waals surface area contributed by atoms with Crippen molar-refractivity contribution < 1.29 is 22.9 Å². The first kappa shape index (κ1) is 30.6. The van der Waals surface area contributed by atoms with Crippen LogP contribution in [0.25, 0.3) is 0 Å². The van der Waals surface area contributed by atoms with E-state index in [1.165, 1.54) is 47.4 Å². The number of rotatable bonds is 12. The second-order valence-electron chi connectivity index (χ2n) is 9.25. The van der Waals surface area contributed by atoms with Gasteiger partial charge >= 0.3 is 0 Å². The first-order valence-corrected chi connectivity index (χ1v) is 14.4. The average Bonchev–Trinajstić information content (AvgIpc) is 2.94. The minimum absolute atomic E-state index is 0.0252. The summed E-state index contributed by atoms with van der Waals surface area (Å²) in [4.78, 5) is 38.9. The molecule has 0 aliphatic heterocycles. The summed E-state index contributed by atoms with van der Waals surface area (Å²) < 4.78 is 28.3. The van der Waals surface area contributed by atoms with E-state index in [0.717, 1.165) is 10.4 Å². The van der Waals surface area contributed by atoms with Crippen molar-refractivity contribution in [2.75, 3.05) is 10.8 Å². The topological polar surface area (TPSA) is 130 Å². The third-order valence-electron chi connectivity index (χ3n) is 6.35. The lowest BCUT2D eigenvalue weighted by molar-refractivity contribution is -0.384. The molecular weight excluding hydrogens is 556 g/mol. The number of hydrogen-bond acceptors (Lipinski definition) is 6. The van der Waals surface area contributed by atoms with Crippen LogP contribution in [0.3, 0.4) is 0 Å². The number of sulfonamides is 1. The molecule has 3 rings (SSSR count). The Labute approximate surface area is 238 Å². The molecule has 0 spiro atoms. The second kappa shape index (κ2) is 13.4. The van der Waals surface area contributed by atoms with Crippen LogP contribution in [0.4, 0.5) is 11.4 Å². The van der Waals surface area contributed by atoms with Gasteiger partial charge in [0.2, 0.25) is 11.8 Å². The Bertz CT molecular complexity index is 1470. The van der Waals surface area contributed by atoms with E-state index in [4.69, 9.17) is 11.6 Å². The molecule has 0 radical (unpaired) electrons. The SMILES string of the molecule is CC[C@H](C)NC(=O)[C@@H](C)N(Cc1cccc(Cl)c1)C(=O)CN(c1cccc([N+](=O)[O-])c1)S(=O)(=O)c1ccccc1. The number of nitro groups is 1. The number of non-ortho nitro benzene ring substituents is 1. The molecule has 3 aromatic rings. The van der Waals surface area contributed by atoms with E-state index in [-0.39, 0.29) is 28.9 Å². The summed E-state index contributed by atoms with van der Waals surface area (Å²) in [6.07, 6.45) is 0.677. The smallest absolute Gasteiger partial charge is 0.271 e. The number of benzene rings is 3. The van der Waals surface area contributed by atoms with Gasteiger partial charge in [0.1, 0.15) is 12.6 Å². The van der Waals surface area contributed by atoms with Crippen molar-refractivity contribution in [2.24, 2.45) is 0 Å². The quantitative estimate of drug-likeness (QED) is 0.240. The maximum atomic E-state index is 13.9. The number of amides is 2. The Morgan fingerprint density at radius 3 is 2.30 bits per heavy atom. The van der Waals surface area contributed by atoms with Crippen molar-refractivity contribution in [3.8, 4) is 0 Å². The minimum atomic E-state index is -4.33. The van der Waals surface area contributed by atoms with Crippen molar-refractivity contribution >= 4 is 44.8 Å². The summed E-state index contributed by atoms with van der Waals surface area (Å²) in [5, 5.41) is 14.7. The molecule has 212 valence electrons. The van der Waals surface area contributed by atoms with Crippen LogP contribution in [0, 0.1) is 10.1 Å². The van der Waals surface area contributed by atoms with Crippen molar-refractivity contribution in [2.45, 2.75) is 50.7 Å². The third kappa shape index (κ3) is 7.57. The molecule has 2 atom stereocenters. The number of nitro benzene ring substituents is 1. The average molecular weight is 587 g/mol. The summed E-state index contributed by atoms with van der Waals surface area (Å²) in [6, 6.07) is 18.2. The molecule has 0 aliphatic rings. The highest BCUT2D eigenvalue weighted by atomic mass is 35.5. The highest BCUT2D eigenvalue weighted by Crippen LogP contribution is 2.27. The first-order valence-electron chi connectivity index (χ1n) is 12.6. The molecule has 1 N–H and O–H groups in total. The monoisotopic (exact) mass is 586 g/mol. The molecule has 2 amide bonds. The molecule has 0 aromatic heterocycles. The fraction of sp³-hybridized carbons (Fsp3) is 0.286. The molecule has 0 saturated carbocycles. The molecule has 3 aromatic carbocycles. The number of nitrogens with zero attached hydrogens (tertiary/aromatic N) is 3.